The molecule has 5 rings (SSSR count). The molecule has 0 saturated heterocycles. The van der Waals surface area contributed by atoms with E-state index in [2.05, 4.69) is 90.8 Å². The normalized spacial score (nSPS) is 10.9. The van der Waals surface area contributed by atoms with Gasteiger partial charge in [-0.1, -0.05) is 60.7 Å². The maximum absolute atomic E-state index is 5.29. The van der Waals surface area contributed by atoms with Gasteiger partial charge in [-0.05, 0) is 19.3 Å². The summed E-state index contributed by atoms with van der Waals surface area (Å²) in [7, 11) is 0. The topological polar surface area (TPSA) is 0 Å². The van der Waals surface area contributed by atoms with Crippen molar-refractivity contribution in [1.82, 2.24) is 0 Å². The Kier molecular flexibility index (Phi) is 9.00. The quantitative estimate of drug-likeness (QED) is 0.133. The van der Waals surface area contributed by atoms with Gasteiger partial charge in [0, 0.05) is 6.42 Å². The molecular weight excluding hydrogens is 452 g/mol. The molecule has 0 radical (unpaired) electrons. The van der Waals surface area contributed by atoms with Crippen LogP contribution in [-0.2, 0) is 39.0 Å². The fraction of sp³-hybridized carbons (Fsp3) is 0.233. The van der Waals surface area contributed by atoms with Crippen LogP contribution >= 0.6 is 0 Å². The van der Waals surface area contributed by atoms with Crippen LogP contribution in [0.5, 0.6) is 0 Å². The van der Waals surface area contributed by atoms with E-state index in [4.69, 9.17) is 6.42 Å². The van der Waals surface area contributed by atoms with Crippen LogP contribution < -0.4 is 0 Å². The monoisotopic (exact) mass is 478 g/mol. The molecule has 1 heteroatoms. The maximum Gasteiger partial charge on any atom is 2.00 e. The van der Waals surface area contributed by atoms with Crippen molar-refractivity contribution in [3.63, 3.8) is 0 Å². The minimum Gasteiger partial charge on any atom is -0.179 e. The fourth-order valence-electron chi connectivity index (χ4n) is 4.35. The van der Waals surface area contributed by atoms with Crippen molar-refractivity contribution in [2.75, 3.05) is 0 Å². The van der Waals surface area contributed by atoms with E-state index >= 15 is 0 Å². The minimum absolute atomic E-state index is 0. The number of fused-ring (bicyclic) bond motifs is 4. The molecule has 4 aromatic carbocycles. The average molecular weight is 480 g/mol. The second-order valence-electron chi connectivity index (χ2n) is 7.96. The van der Waals surface area contributed by atoms with Crippen LogP contribution in [0.15, 0.2) is 78.9 Å². The predicted octanol–water partition coefficient (Wildman–Crippen LogP) is 7.74. The van der Waals surface area contributed by atoms with Crippen LogP contribution in [0.2, 0.25) is 0 Å². The van der Waals surface area contributed by atoms with E-state index in [0.29, 0.717) is 0 Å². The van der Waals surface area contributed by atoms with Gasteiger partial charge in [-0.15, -0.1) is 58.7 Å². The molecule has 0 N–H and O–H groups in total. The van der Waals surface area contributed by atoms with Crippen LogP contribution in [0.25, 0.3) is 21.9 Å². The van der Waals surface area contributed by atoms with Crippen molar-refractivity contribution in [3.8, 4) is 23.5 Å². The first-order chi connectivity index (χ1) is 14.9. The van der Waals surface area contributed by atoms with Crippen LogP contribution in [0, 0.1) is 18.4 Å². The Morgan fingerprint density at radius 2 is 1.71 bits per heavy atom. The van der Waals surface area contributed by atoms with E-state index in [-0.39, 0.29) is 26.2 Å². The minimum atomic E-state index is 0. The molecule has 0 unspecified atom stereocenters. The Labute approximate surface area is 206 Å². The molecule has 1 aliphatic rings. The molecule has 152 valence electrons. The summed E-state index contributed by atoms with van der Waals surface area (Å²) in [4.78, 5) is 0. The third-order valence-electron chi connectivity index (χ3n) is 5.88. The second kappa shape index (κ2) is 11.9. The molecule has 0 saturated carbocycles. The third kappa shape index (κ3) is 5.90. The molecule has 0 amide bonds. The number of hydrogen-bond acceptors (Lipinski definition) is 0. The van der Waals surface area contributed by atoms with Crippen molar-refractivity contribution >= 4 is 10.8 Å². The summed E-state index contributed by atoms with van der Waals surface area (Å²) in [5.41, 5.74) is 7.19. The van der Waals surface area contributed by atoms with Crippen molar-refractivity contribution in [2.24, 2.45) is 0 Å². The molecule has 1 aliphatic carbocycles. The van der Waals surface area contributed by atoms with Gasteiger partial charge in [0.2, 0.25) is 0 Å². The van der Waals surface area contributed by atoms with Gasteiger partial charge in [0.1, 0.15) is 0 Å². The number of terminal acetylenes is 1. The summed E-state index contributed by atoms with van der Waals surface area (Å²) in [5.74, 6) is 2.72. The summed E-state index contributed by atoms with van der Waals surface area (Å²) in [6.45, 7) is 0. The summed E-state index contributed by atoms with van der Waals surface area (Å²) < 4.78 is 0. The fourth-order valence-corrected chi connectivity index (χ4v) is 4.35. The molecular formula is C30H28Zr. The standard InChI is InChI=1S/C21H21.C9H7.Zr/c1-2-3-4-5-6-7-11-17-13-10-14-19-16-18-12-8-9-15-20(18)21(17)19;1-2-5-9-7-3-6-8(9)4-1;/h1,8-10,12-13,15H,3-7,11,16H2;1-7H;/q2*-1;+2. The first-order valence-corrected chi connectivity index (χ1v) is 11.0. The van der Waals surface area contributed by atoms with Crippen molar-refractivity contribution in [2.45, 2.75) is 44.9 Å². The zero-order valence-corrected chi connectivity index (χ0v) is 20.5. The summed E-state index contributed by atoms with van der Waals surface area (Å²) in [5, 5.41) is 2.66. The van der Waals surface area contributed by atoms with Crippen LogP contribution in [-0.4, -0.2) is 0 Å². The predicted molar refractivity (Wildman–Crippen MR) is 129 cm³/mol. The van der Waals surface area contributed by atoms with Crippen molar-refractivity contribution < 1.29 is 26.2 Å². The Morgan fingerprint density at radius 1 is 0.903 bits per heavy atom. The number of benzene rings is 3. The smallest absolute Gasteiger partial charge is 0.179 e. The van der Waals surface area contributed by atoms with Crippen LogP contribution in [0.4, 0.5) is 0 Å². The molecule has 0 fully saturated rings. The second-order valence-corrected chi connectivity index (χ2v) is 7.96. The Hall–Kier alpha value is -2.29. The van der Waals surface area contributed by atoms with E-state index in [0.717, 1.165) is 12.8 Å². The van der Waals surface area contributed by atoms with Gasteiger partial charge in [-0.25, -0.2) is 0 Å². The van der Waals surface area contributed by atoms with E-state index in [1.807, 2.05) is 0 Å². The van der Waals surface area contributed by atoms with Crippen molar-refractivity contribution in [3.05, 3.63) is 102 Å². The molecule has 31 heavy (non-hydrogen) atoms. The summed E-state index contributed by atoms with van der Waals surface area (Å²) in [6.07, 6.45) is 13.4. The van der Waals surface area contributed by atoms with Crippen molar-refractivity contribution in [1.29, 1.82) is 0 Å². The van der Waals surface area contributed by atoms with E-state index < -0.39 is 0 Å². The molecule has 0 aromatic heterocycles. The zero-order valence-electron chi connectivity index (χ0n) is 18.0. The van der Waals surface area contributed by atoms with Gasteiger partial charge >= 0.3 is 26.2 Å². The number of aryl methyl sites for hydroxylation is 1. The third-order valence-corrected chi connectivity index (χ3v) is 5.88. The average Bonchev–Trinajstić information content (AvgIpc) is 3.41. The molecule has 0 atom stereocenters. The van der Waals surface area contributed by atoms with Gasteiger partial charge < -0.3 is 0 Å². The summed E-state index contributed by atoms with van der Waals surface area (Å²) in [6, 6.07) is 31.2. The first-order valence-electron chi connectivity index (χ1n) is 11.0. The number of hydrogen-bond donors (Lipinski definition) is 0. The van der Waals surface area contributed by atoms with E-state index in [1.165, 1.54) is 70.7 Å². The number of unbranched alkanes of at least 4 members (excludes halogenated alkanes) is 4. The number of rotatable bonds is 6. The molecule has 0 aliphatic heterocycles. The maximum atomic E-state index is 5.29. The SMILES string of the molecule is C#CCCCCCCc1cc[c-]c2c1-c1ccccc1C2.[Zr+2].c1ccc2[cH-]ccc2c1. The van der Waals surface area contributed by atoms with Gasteiger partial charge in [-0.3, -0.25) is 0 Å². The first kappa shape index (κ1) is 23.4. The van der Waals surface area contributed by atoms with Gasteiger partial charge in [0.15, 0.2) is 0 Å². The molecule has 0 heterocycles. The Morgan fingerprint density at radius 3 is 2.58 bits per heavy atom. The van der Waals surface area contributed by atoms with Gasteiger partial charge in [-0.2, -0.15) is 35.7 Å². The van der Waals surface area contributed by atoms with Gasteiger partial charge in [0.05, 0.1) is 0 Å². The van der Waals surface area contributed by atoms with E-state index in [1.54, 1.807) is 0 Å². The molecule has 0 nitrogen and oxygen atoms in total. The van der Waals surface area contributed by atoms with Crippen LogP contribution in [0.3, 0.4) is 0 Å². The molecule has 4 aromatic rings. The largest absolute Gasteiger partial charge is 2.00 e. The van der Waals surface area contributed by atoms with Gasteiger partial charge in [0.25, 0.3) is 0 Å². The van der Waals surface area contributed by atoms with Crippen LogP contribution in [0.1, 0.15) is 48.8 Å². The zero-order chi connectivity index (χ0) is 20.6. The Bertz CT molecular complexity index is 1110. The molecule has 0 bridgehead atoms. The van der Waals surface area contributed by atoms with E-state index in [9.17, 15) is 0 Å². The molecule has 0 spiro atoms. The Balaban J connectivity index is 0.000000227. The summed E-state index contributed by atoms with van der Waals surface area (Å²) >= 11 is 0.